The number of piperazine rings is 1. The molecule has 4 aromatic carbocycles. The molecule has 3 fully saturated rings. The number of nitrogens with one attached hydrogen (secondary N) is 2. The number of aromatic carboxylic acids is 1. The minimum absolute atomic E-state index is 0.0177. The Hall–Kier alpha value is -7.17. The predicted octanol–water partition coefficient (Wildman–Crippen LogP) is 9.76. The lowest BCUT2D eigenvalue weighted by atomic mass is 9.81. The molecular formula is C58H63N9O6S. The standard InChI is InChI=1S/C58H63N9O6S/c1-35(24-26-65-28-30-66(31-29-65)39-16-19-44-48(33-39)64(3)63-53(44)45-21-23-52(68)61-56(45)70)32-37-14-17-40(18-15-37)73-49-12-7-9-41(36(49)2)42-20-22-51(60-54(42)57(71)72)67-27-25-38-8-6-10-43(46(38)34-67)55(69)62-58-59-47-11-4-5-13-50(47)74-58/h4-13,16,19-20,22,33,35,37,40,45H,14-15,17-18,21,23-32,34H2,1-3H3,(H,71,72)(H,59,62,69)(H,61,68,70)/t35-,37?,40?,45+/m1/s1. The smallest absolute Gasteiger partial charge is 0.355 e. The normalized spacial score (nSPS) is 19.9. The molecule has 0 spiro atoms. The highest BCUT2D eigenvalue weighted by molar-refractivity contribution is 7.22. The molecule has 3 aromatic heterocycles. The zero-order chi connectivity index (χ0) is 51.0. The molecule has 3 N–H and O–H groups in total. The van der Waals surface area contributed by atoms with Crippen molar-refractivity contribution >= 4 is 72.8 Å². The maximum atomic E-state index is 13.7. The molecule has 3 aliphatic heterocycles. The number of aromatic nitrogens is 4. The molecule has 16 heteroatoms. The third-order valence-electron chi connectivity index (χ3n) is 15.9. The van der Waals surface area contributed by atoms with Crippen LogP contribution >= 0.6 is 11.3 Å². The van der Waals surface area contributed by atoms with Crippen molar-refractivity contribution in [2.75, 3.05) is 54.4 Å². The van der Waals surface area contributed by atoms with Gasteiger partial charge in [-0.25, -0.2) is 14.8 Å². The highest BCUT2D eigenvalue weighted by Crippen LogP contribution is 2.38. The number of benzene rings is 4. The number of thiazole rings is 1. The van der Waals surface area contributed by atoms with Gasteiger partial charge in [-0.2, -0.15) is 5.10 Å². The Kier molecular flexibility index (Phi) is 13.9. The van der Waals surface area contributed by atoms with Crippen molar-refractivity contribution in [3.63, 3.8) is 0 Å². The molecule has 3 amide bonds. The number of carbonyl (C=O) groups is 4. The highest BCUT2D eigenvalue weighted by Gasteiger charge is 2.33. The van der Waals surface area contributed by atoms with Gasteiger partial charge in [-0.3, -0.25) is 34.6 Å². The molecule has 2 saturated heterocycles. The van der Waals surface area contributed by atoms with Gasteiger partial charge in [-0.1, -0.05) is 54.7 Å². The van der Waals surface area contributed by atoms with Crippen LogP contribution in [0.5, 0.6) is 5.75 Å². The number of fused-ring (bicyclic) bond motifs is 3. The average Bonchev–Trinajstić information content (AvgIpc) is 3.98. The number of amides is 3. The summed E-state index contributed by atoms with van der Waals surface area (Å²) in [6, 6.07) is 29.6. The second-order valence-electron chi connectivity index (χ2n) is 20.8. The number of nitrogens with zero attached hydrogens (tertiary/aromatic N) is 7. The van der Waals surface area contributed by atoms with Crippen molar-refractivity contribution in [1.29, 1.82) is 0 Å². The van der Waals surface area contributed by atoms with E-state index < -0.39 is 11.9 Å². The van der Waals surface area contributed by atoms with E-state index in [0.717, 1.165) is 113 Å². The third kappa shape index (κ3) is 10.2. The number of hydrogen-bond acceptors (Lipinski definition) is 12. The van der Waals surface area contributed by atoms with E-state index in [1.54, 1.807) is 0 Å². The molecule has 6 heterocycles. The number of ether oxygens (including phenoxy) is 1. The topological polar surface area (TPSA) is 175 Å². The minimum Gasteiger partial charge on any atom is -0.490 e. The molecule has 74 heavy (non-hydrogen) atoms. The predicted molar refractivity (Wildman–Crippen MR) is 289 cm³/mol. The molecule has 382 valence electrons. The van der Waals surface area contributed by atoms with Crippen LogP contribution in [0, 0.1) is 18.8 Å². The molecule has 2 atom stereocenters. The highest BCUT2D eigenvalue weighted by atomic mass is 32.1. The van der Waals surface area contributed by atoms with Crippen LogP contribution in [0.3, 0.4) is 0 Å². The summed E-state index contributed by atoms with van der Waals surface area (Å²) in [6.45, 7) is 10.5. The van der Waals surface area contributed by atoms with E-state index in [1.165, 1.54) is 29.9 Å². The Labute approximate surface area is 434 Å². The molecule has 0 unspecified atom stereocenters. The van der Waals surface area contributed by atoms with Crippen LogP contribution in [0.2, 0.25) is 0 Å². The fourth-order valence-corrected chi connectivity index (χ4v) is 12.6. The number of aryl methyl sites for hydroxylation is 1. The Morgan fingerprint density at radius 3 is 2.47 bits per heavy atom. The Morgan fingerprint density at radius 2 is 1.68 bits per heavy atom. The summed E-state index contributed by atoms with van der Waals surface area (Å²) in [5, 5.41) is 22.3. The molecule has 1 aliphatic carbocycles. The van der Waals surface area contributed by atoms with E-state index in [4.69, 9.17) is 14.8 Å². The first-order valence-electron chi connectivity index (χ1n) is 26.2. The lowest BCUT2D eigenvalue weighted by Crippen LogP contribution is -2.46. The monoisotopic (exact) mass is 1010 g/mol. The van der Waals surface area contributed by atoms with Crippen molar-refractivity contribution < 1.29 is 29.0 Å². The molecule has 4 aliphatic rings. The number of hydrogen-bond donors (Lipinski definition) is 3. The maximum Gasteiger partial charge on any atom is 0.355 e. The Morgan fingerprint density at radius 1 is 0.865 bits per heavy atom. The van der Waals surface area contributed by atoms with Crippen molar-refractivity contribution in [2.24, 2.45) is 18.9 Å². The SMILES string of the molecule is Cc1c(OC2CCC(C[C@H](C)CCN3CCN(c4ccc5c([C@@H]6CCC(=O)NC6=O)nn(C)c5c4)CC3)CC2)cccc1-c1ccc(N2CCc3cccc(C(=O)Nc4nc5ccccc5s4)c3C2)nc1C(=O)O. The first-order valence-corrected chi connectivity index (χ1v) is 27.0. The zero-order valence-corrected chi connectivity index (χ0v) is 43.1. The second kappa shape index (κ2) is 21.0. The zero-order valence-electron chi connectivity index (χ0n) is 42.3. The third-order valence-corrected chi connectivity index (χ3v) is 16.9. The summed E-state index contributed by atoms with van der Waals surface area (Å²) < 4.78 is 9.57. The number of piperidine rings is 1. The summed E-state index contributed by atoms with van der Waals surface area (Å²) in [5.41, 5.74) is 8.52. The molecule has 0 bridgehead atoms. The van der Waals surface area contributed by atoms with E-state index in [9.17, 15) is 24.3 Å². The van der Waals surface area contributed by atoms with E-state index >= 15 is 0 Å². The fraction of sp³-hybridized carbons (Fsp3) is 0.397. The first kappa shape index (κ1) is 49.1. The molecule has 7 aromatic rings. The van der Waals surface area contributed by atoms with Crippen molar-refractivity contribution in [3.05, 3.63) is 125 Å². The van der Waals surface area contributed by atoms with Gasteiger partial charge in [-0.05, 0) is 154 Å². The number of carboxylic acids is 1. The van der Waals surface area contributed by atoms with Crippen LogP contribution in [0.25, 0.3) is 32.2 Å². The number of carbonyl (C=O) groups excluding carboxylic acids is 3. The Balaban J connectivity index is 0.657. The fourth-order valence-electron chi connectivity index (χ4n) is 11.8. The van der Waals surface area contributed by atoms with Gasteiger partial charge in [0.1, 0.15) is 11.6 Å². The molecule has 0 radical (unpaired) electrons. The summed E-state index contributed by atoms with van der Waals surface area (Å²) in [5.74, 6) is 0.432. The number of anilines is 3. The Bertz CT molecular complexity index is 3250. The van der Waals surface area contributed by atoms with Crippen molar-refractivity contribution in [1.82, 2.24) is 30.0 Å². The van der Waals surface area contributed by atoms with Gasteiger partial charge in [0.05, 0.1) is 33.4 Å². The van der Waals surface area contributed by atoms with Crippen LogP contribution < -0.4 is 25.2 Å². The van der Waals surface area contributed by atoms with Crippen LogP contribution in [0.15, 0.2) is 91.0 Å². The summed E-state index contributed by atoms with van der Waals surface area (Å²) in [4.78, 5) is 67.4. The maximum absolute atomic E-state index is 13.7. The van der Waals surface area contributed by atoms with Crippen molar-refractivity contribution in [2.45, 2.75) is 90.2 Å². The summed E-state index contributed by atoms with van der Waals surface area (Å²) >= 11 is 1.44. The minimum atomic E-state index is -1.10. The van der Waals surface area contributed by atoms with E-state index in [-0.39, 0.29) is 29.5 Å². The van der Waals surface area contributed by atoms with E-state index in [2.05, 4.69) is 61.5 Å². The van der Waals surface area contributed by atoms with Crippen LogP contribution in [0.1, 0.15) is 107 Å². The quantitative estimate of drug-likeness (QED) is 0.0882. The second-order valence-corrected chi connectivity index (χ2v) is 21.8. The first-order chi connectivity index (χ1) is 35.9. The van der Waals surface area contributed by atoms with E-state index in [0.29, 0.717) is 66.3 Å². The van der Waals surface area contributed by atoms with Crippen LogP contribution in [-0.4, -0.2) is 98.8 Å². The van der Waals surface area contributed by atoms with Crippen molar-refractivity contribution in [3.8, 4) is 16.9 Å². The number of para-hydroxylation sites is 1. The van der Waals surface area contributed by atoms with Gasteiger partial charge in [-0.15, -0.1) is 0 Å². The summed E-state index contributed by atoms with van der Waals surface area (Å²) in [6.07, 6.45) is 8.27. The number of carboxylic acid groups (broad SMARTS) is 1. The molecule has 15 nitrogen and oxygen atoms in total. The molecule has 11 rings (SSSR count). The van der Waals surface area contributed by atoms with Crippen LogP contribution in [0.4, 0.5) is 16.6 Å². The molecule has 1 saturated carbocycles. The van der Waals surface area contributed by atoms with Crippen LogP contribution in [-0.2, 0) is 29.6 Å². The largest absolute Gasteiger partial charge is 0.490 e. The van der Waals surface area contributed by atoms with Gasteiger partial charge in [0.25, 0.3) is 5.91 Å². The number of rotatable bonds is 14. The van der Waals surface area contributed by atoms with Gasteiger partial charge >= 0.3 is 5.97 Å². The van der Waals surface area contributed by atoms with Gasteiger partial charge in [0.15, 0.2) is 10.8 Å². The number of pyridine rings is 1. The van der Waals surface area contributed by atoms with Gasteiger partial charge < -0.3 is 19.6 Å². The molecular weight excluding hydrogens is 951 g/mol. The van der Waals surface area contributed by atoms with Gasteiger partial charge in [0.2, 0.25) is 11.8 Å². The lowest BCUT2D eigenvalue weighted by Gasteiger charge is -2.37. The number of imide groups is 1. The summed E-state index contributed by atoms with van der Waals surface area (Å²) in [7, 11) is 1.92. The van der Waals surface area contributed by atoms with E-state index in [1.807, 2.05) is 85.4 Å². The lowest BCUT2D eigenvalue weighted by molar-refractivity contribution is -0.134. The average molecular weight is 1010 g/mol. The van der Waals surface area contributed by atoms with Gasteiger partial charge in [0, 0.05) is 74.9 Å².